The van der Waals surface area contributed by atoms with Gasteiger partial charge in [0.2, 0.25) is 5.91 Å². The van der Waals surface area contributed by atoms with E-state index in [2.05, 4.69) is 35.1 Å². The van der Waals surface area contributed by atoms with Crippen LogP contribution in [0.5, 0.6) is 11.5 Å². The lowest BCUT2D eigenvalue weighted by Crippen LogP contribution is -2.39. The van der Waals surface area contributed by atoms with Crippen molar-refractivity contribution in [2.75, 3.05) is 16.8 Å². The van der Waals surface area contributed by atoms with E-state index < -0.39 is 11.9 Å². The number of allylic oxidation sites excluding steroid dienone is 1. The van der Waals surface area contributed by atoms with Crippen molar-refractivity contribution in [3.63, 3.8) is 0 Å². The molecule has 0 radical (unpaired) electrons. The lowest BCUT2D eigenvalue weighted by atomic mass is 9.85. The fourth-order valence-electron chi connectivity index (χ4n) is 5.57. The number of phenolic OH excluding ortho intramolecular Hbond substituents is 1. The Hall–Kier alpha value is -4.30. The van der Waals surface area contributed by atoms with Crippen LogP contribution in [0.3, 0.4) is 0 Å². The van der Waals surface area contributed by atoms with E-state index in [-0.39, 0.29) is 29.1 Å². The lowest BCUT2D eigenvalue weighted by molar-refractivity contribution is -0.118. The van der Waals surface area contributed by atoms with Crippen molar-refractivity contribution in [3.8, 4) is 11.5 Å². The van der Waals surface area contributed by atoms with Crippen molar-refractivity contribution in [3.05, 3.63) is 129 Å². The van der Waals surface area contributed by atoms with Crippen LogP contribution in [0.4, 0.5) is 15.8 Å². The Morgan fingerprint density at radius 2 is 1.81 bits per heavy atom. The summed E-state index contributed by atoms with van der Waals surface area (Å²) >= 11 is 3.45. The monoisotopic (exact) mass is 642 g/mol. The molecule has 43 heavy (non-hydrogen) atoms. The Balaban J connectivity index is 1.45. The minimum absolute atomic E-state index is 0.0139. The highest BCUT2D eigenvalue weighted by atomic mass is 79.9. The SMILES string of the molecule is CC1(C)COC2=C(C1)Nc1c(O)cccc1N(C(=O)Cc1ccc(Br)cc1)C2c1ccc(OCc2ccccc2)cc1F. The van der Waals surface area contributed by atoms with Gasteiger partial charge in [-0.3, -0.25) is 9.69 Å². The first-order valence-corrected chi connectivity index (χ1v) is 15.0. The Kier molecular flexibility index (Phi) is 7.88. The van der Waals surface area contributed by atoms with Crippen molar-refractivity contribution in [2.24, 2.45) is 5.41 Å². The number of rotatable bonds is 6. The first kappa shape index (κ1) is 28.8. The van der Waals surface area contributed by atoms with Gasteiger partial charge in [-0.25, -0.2) is 4.39 Å². The maximum atomic E-state index is 16.2. The first-order chi connectivity index (χ1) is 20.7. The van der Waals surface area contributed by atoms with E-state index in [0.29, 0.717) is 48.2 Å². The van der Waals surface area contributed by atoms with Crippen LogP contribution < -0.4 is 15.0 Å². The van der Waals surface area contributed by atoms with Crippen molar-refractivity contribution < 1.29 is 23.8 Å². The van der Waals surface area contributed by atoms with Crippen LogP contribution >= 0.6 is 15.9 Å². The number of amides is 1. The van der Waals surface area contributed by atoms with Crippen molar-refractivity contribution >= 4 is 33.2 Å². The van der Waals surface area contributed by atoms with Gasteiger partial charge < -0.3 is 19.9 Å². The summed E-state index contributed by atoms with van der Waals surface area (Å²) in [6.45, 7) is 4.85. The van der Waals surface area contributed by atoms with E-state index in [4.69, 9.17) is 9.47 Å². The van der Waals surface area contributed by atoms with Crippen LogP contribution in [0.15, 0.2) is 107 Å². The maximum absolute atomic E-state index is 16.2. The molecule has 0 aromatic heterocycles. The molecule has 0 bridgehead atoms. The number of hydrogen-bond donors (Lipinski definition) is 2. The van der Waals surface area contributed by atoms with E-state index >= 15 is 4.39 Å². The summed E-state index contributed by atoms with van der Waals surface area (Å²) in [5.41, 5.74) is 3.34. The molecule has 4 aromatic rings. The van der Waals surface area contributed by atoms with Crippen molar-refractivity contribution in [2.45, 2.75) is 39.3 Å². The van der Waals surface area contributed by atoms with Gasteiger partial charge in [-0.2, -0.15) is 0 Å². The molecule has 4 aromatic carbocycles. The highest BCUT2D eigenvalue weighted by Gasteiger charge is 2.42. The third-order valence-corrected chi connectivity index (χ3v) is 8.21. The molecular weight excluding hydrogens is 611 g/mol. The number of nitrogens with one attached hydrogen (secondary N) is 1. The number of para-hydroxylation sites is 1. The molecule has 0 saturated heterocycles. The molecule has 220 valence electrons. The number of fused-ring (bicyclic) bond motifs is 1. The zero-order valence-electron chi connectivity index (χ0n) is 23.9. The highest BCUT2D eigenvalue weighted by Crippen LogP contribution is 2.50. The fraction of sp³-hybridized carbons (Fsp3) is 0.229. The maximum Gasteiger partial charge on any atom is 0.232 e. The van der Waals surface area contributed by atoms with Crippen LogP contribution in [0, 0.1) is 11.2 Å². The topological polar surface area (TPSA) is 71.0 Å². The van der Waals surface area contributed by atoms with Gasteiger partial charge in [-0.05, 0) is 53.9 Å². The predicted octanol–water partition coefficient (Wildman–Crippen LogP) is 8.27. The van der Waals surface area contributed by atoms with E-state index in [1.54, 1.807) is 35.2 Å². The largest absolute Gasteiger partial charge is 0.506 e. The normalized spacial score (nSPS) is 17.2. The van der Waals surface area contributed by atoms with Gasteiger partial charge in [0.1, 0.15) is 41.4 Å². The first-order valence-electron chi connectivity index (χ1n) is 14.2. The third kappa shape index (κ3) is 6.11. The second kappa shape index (κ2) is 11.8. The second-order valence-corrected chi connectivity index (χ2v) is 12.6. The van der Waals surface area contributed by atoms with Gasteiger partial charge in [-0.15, -0.1) is 0 Å². The second-order valence-electron chi connectivity index (χ2n) is 11.7. The van der Waals surface area contributed by atoms with Gasteiger partial charge in [0.25, 0.3) is 0 Å². The summed E-state index contributed by atoms with van der Waals surface area (Å²) in [6, 6.07) is 26.0. The molecule has 2 aliphatic rings. The molecule has 0 saturated carbocycles. The molecule has 2 N–H and O–H groups in total. The number of aromatic hydroxyl groups is 1. The van der Waals surface area contributed by atoms with Gasteiger partial charge in [0, 0.05) is 21.5 Å². The number of nitrogens with zero attached hydrogens (tertiary/aromatic N) is 1. The summed E-state index contributed by atoms with van der Waals surface area (Å²) in [6.07, 6.45) is 0.647. The zero-order chi connectivity index (χ0) is 30.1. The fourth-order valence-corrected chi connectivity index (χ4v) is 5.84. The molecule has 8 heteroatoms. The molecule has 1 atom stereocenters. The number of benzene rings is 4. The minimum atomic E-state index is -0.923. The summed E-state index contributed by atoms with van der Waals surface area (Å²) in [4.78, 5) is 15.8. The predicted molar refractivity (Wildman–Crippen MR) is 168 cm³/mol. The zero-order valence-corrected chi connectivity index (χ0v) is 25.5. The van der Waals surface area contributed by atoms with Crippen molar-refractivity contribution in [1.29, 1.82) is 0 Å². The molecule has 2 heterocycles. The third-order valence-electron chi connectivity index (χ3n) is 7.69. The van der Waals surface area contributed by atoms with Crippen LogP contribution in [-0.4, -0.2) is 17.6 Å². The van der Waals surface area contributed by atoms with Crippen LogP contribution in [0.1, 0.15) is 43.0 Å². The number of halogens is 2. The van der Waals surface area contributed by atoms with E-state index in [1.807, 2.05) is 54.6 Å². The van der Waals surface area contributed by atoms with Gasteiger partial charge >= 0.3 is 0 Å². The molecule has 6 rings (SSSR count). The Labute approximate surface area is 258 Å². The smallest absolute Gasteiger partial charge is 0.232 e. The Morgan fingerprint density at radius 3 is 2.56 bits per heavy atom. The quantitative estimate of drug-likeness (QED) is 0.207. The van der Waals surface area contributed by atoms with Gasteiger partial charge in [-0.1, -0.05) is 78.3 Å². The van der Waals surface area contributed by atoms with Gasteiger partial charge in [0.15, 0.2) is 0 Å². The number of hydrogen-bond acceptors (Lipinski definition) is 5. The Bertz CT molecular complexity index is 1690. The molecular formula is C35H32BrFN2O4. The molecule has 1 unspecified atom stereocenters. The minimum Gasteiger partial charge on any atom is -0.506 e. The molecule has 0 aliphatic carbocycles. The highest BCUT2D eigenvalue weighted by molar-refractivity contribution is 9.10. The summed E-state index contributed by atoms with van der Waals surface area (Å²) in [5, 5.41) is 14.3. The van der Waals surface area contributed by atoms with Crippen LogP contribution in [0.25, 0.3) is 0 Å². The standard InChI is InChI=1S/C35H32BrFN2O4/c1-35(2)19-28-34(43-21-35)33(26-16-15-25(18-27(26)37)42-20-23-7-4-3-5-8-23)39(29-9-6-10-30(40)32(29)38-28)31(41)17-22-11-13-24(36)14-12-22/h3-16,18,33,38,40H,17,19-21H2,1-2H3. The van der Waals surface area contributed by atoms with E-state index in [1.165, 1.54) is 6.07 Å². The summed E-state index contributed by atoms with van der Waals surface area (Å²) in [7, 11) is 0. The molecule has 1 amide bonds. The lowest BCUT2D eigenvalue weighted by Gasteiger charge is -2.38. The van der Waals surface area contributed by atoms with Crippen molar-refractivity contribution in [1.82, 2.24) is 0 Å². The summed E-state index contributed by atoms with van der Waals surface area (Å²) < 4.78 is 29.4. The molecule has 0 fully saturated rings. The molecule has 0 spiro atoms. The number of anilines is 2. The summed E-state index contributed by atoms with van der Waals surface area (Å²) in [5.74, 6) is 0.0197. The van der Waals surface area contributed by atoms with E-state index in [9.17, 15) is 9.90 Å². The number of ether oxygens (including phenoxy) is 2. The van der Waals surface area contributed by atoms with Gasteiger partial charge in [0.05, 0.1) is 24.4 Å². The van der Waals surface area contributed by atoms with E-state index in [0.717, 1.165) is 15.6 Å². The Morgan fingerprint density at radius 1 is 1.05 bits per heavy atom. The molecule has 6 nitrogen and oxygen atoms in total. The average molecular weight is 644 g/mol. The number of phenols is 1. The van der Waals surface area contributed by atoms with Crippen LogP contribution in [-0.2, 0) is 22.6 Å². The average Bonchev–Trinajstić information content (AvgIpc) is 3.12. The number of carbonyl (C=O) groups excluding carboxylic acids is 1. The van der Waals surface area contributed by atoms with Crippen LogP contribution in [0.2, 0.25) is 0 Å². The number of carbonyl (C=O) groups is 1. The molecule has 2 aliphatic heterocycles.